The van der Waals surface area contributed by atoms with Crippen LogP contribution in [0.1, 0.15) is 81.7 Å². The Morgan fingerprint density at radius 3 is 2.49 bits per heavy atom. The van der Waals surface area contributed by atoms with Gasteiger partial charge in [-0.15, -0.1) is 0 Å². The molecule has 3 aliphatic rings. The lowest BCUT2D eigenvalue weighted by Gasteiger charge is -2.34. The van der Waals surface area contributed by atoms with E-state index in [1.54, 1.807) is 18.2 Å². The van der Waals surface area contributed by atoms with Crippen LogP contribution < -0.4 is 19.8 Å². The van der Waals surface area contributed by atoms with E-state index in [0.717, 1.165) is 49.4 Å². The van der Waals surface area contributed by atoms with Gasteiger partial charge in [0, 0.05) is 36.3 Å². The molecular formula is C33H43N7O4S. The number of rotatable bonds is 2. The number of hydrogen-bond donors (Lipinski definition) is 2. The fourth-order valence-electron chi connectivity index (χ4n) is 6.56. The predicted octanol–water partition coefficient (Wildman–Crippen LogP) is 4.68. The Labute approximate surface area is 265 Å². The number of pyridine rings is 3. The summed E-state index contributed by atoms with van der Waals surface area (Å²) in [6.07, 6.45) is 4.45. The largest absolute Gasteiger partial charge is 0.378 e. The lowest BCUT2D eigenvalue weighted by molar-refractivity contribution is 0.0981. The van der Waals surface area contributed by atoms with Crippen molar-refractivity contribution in [1.29, 1.82) is 0 Å². The summed E-state index contributed by atoms with van der Waals surface area (Å²) in [5.41, 5.74) is 2.41. The summed E-state index contributed by atoms with van der Waals surface area (Å²) in [5.74, 6) is 0.500. The van der Waals surface area contributed by atoms with Crippen molar-refractivity contribution < 1.29 is 17.9 Å². The number of amides is 1. The van der Waals surface area contributed by atoms with Gasteiger partial charge in [0.1, 0.15) is 11.6 Å². The molecule has 45 heavy (non-hydrogen) atoms. The molecular weight excluding hydrogens is 590 g/mol. The zero-order valence-corrected chi connectivity index (χ0v) is 27.5. The van der Waals surface area contributed by atoms with Crippen LogP contribution in [0.15, 0.2) is 53.7 Å². The minimum atomic E-state index is -4.28. The second-order valence-electron chi connectivity index (χ2n) is 13.9. The molecule has 2 fully saturated rings. The van der Waals surface area contributed by atoms with Crippen molar-refractivity contribution in [2.45, 2.75) is 75.9 Å². The normalized spacial score (nSPS) is 23.3. The first-order chi connectivity index (χ1) is 21.3. The molecule has 0 saturated carbocycles. The molecule has 0 aliphatic carbocycles. The van der Waals surface area contributed by atoms with E-state index >= 15 is 0 Å². The molecule has 12 heteroatoms. The Hall–Kier alpha value is -3.77. The van der Waals surface area contributed by atoms with Crippen LogP contribution in [0.25, 0.3) is 0 Å². The smallest absolute Gasteiger partial charge is 0.281 e. The summed E-state index contributed by atoms with van der Waals surface area (Å²) in [6, 6.07) is 12.2. The molecule has 3 aromatic rings. The Balaban J connectivity index is 1.39. The van der Waals surface area contributed by atoms with Crippen LogP contribution in [-0.2, 0) is 20.2 Å². The van der Waals surface area contributed by atoms with E-state index in [0.29, 0.717) is 37.3 Å². The Morgan fingerprint density at radius 2 is 1.78 bits per heavy atom. The maximum atomic E-state index is 13.7. The van der Waals surface area contributed by atoms with Crippen molar-refractivity contribution in [2.24, 2.45) is 5.92 Å². The highest BCUT2D eigenvalue weighted by Crippen LogP contribution is 2.41. The van der Waals surface area contributed by atoms with Gasteiger partial charge in [-0.3, -0.25) is 9.78 Å². The quantitative estimate of drug-likeness (QED) is 0.411. The molecule has 0 aromatic carbocycles. The van der Waals surface area contributed by atoms with Gasteiger partial charge in [-0.25, -0.2) is 14.7 Å². The third-order valence-corrected chi connectivity index (χ3v) is 10.3. The average molecular weight is 634 g/mol. The standard InChI is InChI=1S/C33H43N7O4S/c1-32(2,3)27-14-11-24-30(36-27)40-21-22(19-33(40,4)5)9-12-26(25-13-10-23(20-34-25)39-15-17-44-18-16-39)35-28-7-6-8-29(37-28)45(42,43)38-31(24)41/h6-8,10-11,13-14,20,22,26H,9,12,15-19,21H2,1-5H3,(H,35,37)(H,38,41)/t22-,26?/m0/s1. The van der Waals surface area contributed by atoms with Crippen molar-refractivity contribution in [2.75, 3.05) is 48.0 Å². The third kappa shape index (κ3) is 6.62. The molecule has 1 amide bonds. The third-order valence-electron chi connectivity index (χ3n) is 9.02. The van der Waals surface area contributed by atoms with E-state index in [4.69, 9.17) is 14.7 Å². The van der Waals surface area contributed by atoms with Gasteiger partial charge in [0.25, 0.3) is 15.9 Å². The molecule has 3 aromatic heterocycles. The number of nitrogens with one attached hydrogen (secondary N) is 2. The molecule has 0 radical (unpaired) electrons. The summed E-state index contributed by atoms with van der Waals surface area (Å²) in [7, 11) is -4.28. The zero-order chi connectivity index (χ0) is 32.0. The lowest BCUT2D eigenvalue weighted by atomic mass is 9.90. The number of carbonyl (C=O) groups excluding carboxylic acids is 1. The monoisotopic (exact) mass is 633 g/mol. The van der Waals surface area contributed by atoms with Crippen molar-refractivity contribution in [1.82, 2.24) is 19.7 Å². The van der Waals surface area contributed by atoms with Crippen LogP contribution in [0.4, 0.5) is 17.3 Å². The number of ether oxygens (including phenoxy) is 1. The fourth-order valence-corrected chi connectivity index (χ4v) is 7.50. The van der Waals surface area contributed by atoms with Gasteiger partial charge < -0.3 is 19.9 Å². The number of nitrogens with zero attached hydrogens (tertiary/aromatic N) is 5. The summed E-state index contributed by atoms with van der Waals surface area (Å²) in [5, 5.41) is 3.22. The minimum Gasteiger partial charge on any atom is -0.378 e. The van der Waals surface area contributed by atoms with Gasteiger partial charge in [-0.2, -0.15) is 8.42 Å². The van der Waals surface area contributed by atoms with Gasteiger partial charge >= 0.3 is 0 Å². The zero-order valence-electron chi connectivity index (χ0n) is 26.7. The predicted molar refractivity (Wildman–Crippen MR) is 174 cm³/mol. The van der Waals surface area contributed by atoms with Crippen molar-refractivity contribution in [3.63, 3.8) is 0 Å². The van der Waals surface area contributed by atoms with E-state index in [9.17, 15) is 13.2 Å². The van der Waals surface area contributed by atoms with Gasteiger partial charge in [-0.05, 0) is 75.4 Å². The molecule has 11 nitrogen and oxygen atoms in total. The number of fused-ring (bicyclic) bond motifs is 6. The van der Waals surface area contributed by atoms with E-state index in [-0.39, 0.29) is 27.6 Å². The van der Waals surface area contributed by atoms with Gasteiger partial charge in [0.05, 0.1) is 42.4 Å². The highest BCUT2D eigenvalue weighted by molar-refractivity contribution is 7.90. The first kappa shape index (κ1) is 31.2. The molecule has 0 spiro atoms. The van der Waals surface area contributed by atoms with Gasteiger partial charge in [-0.1, -0.05) is 26.8 Å². The molecule has 2 N–H and O–H groups in total. The minimum absolute atomic E-state index is 0.205. The number of carbonyl (C=O) groups is 1. The molecule has 2 saturated heterocycles. The van der Waals surface area contributed by atoms with Crippen LogP contribution in [0.2, 0.25) is 0 Å². The lowest BCUT2D eigenvalue weighted by Crippen LogP contribution is -2.41. The van der Waals surface area contributed by atoms with Crippen LogP contribution >= 0.6 is 0 Å². The maximum absolute atomic E-state index is 13.7. The topological polar surface area (TPSA) is 130 Å². The number of anilines is 3. The maximum Gasteiger partial charge on any atom is 0.281 e. The summed E-state index contributed by atoms with van der Waals surface area (Å²) < 4.78 is 34.8. The molecule has 1 unspecified atom stereocenters. The molecule has 6 heterocycles. The molecule has 3 aliphatic heterocycles. The number of aromatic nitrogens is 3. The molecule has 240 valence electrons. The summed E-state index contributed by atoms with van der Waals surface area (Å²) in [4.78, 5) is 32.4. The second kappa shape index (κ2) is 11.9. The summed E-state index contributed by atoms with van der Waals surface area (Å²) >= 11 is 0. The number of hydrogen-bond acceptors (Lipinski definition) is 10. The molecule has 4 bridgehead atoms. The van der Waals surface area contributed by atoms with Gasteiger partial charge in [0.15, 0.2) is 5.03 Å². The van der Waals surface area contributed by atoms with E-state index in [2.05, 4.69) is 65.5 Å². The first-order valence-electron chi connectivity index (χ1n) is 15.7. The van der Waals surface area contributed by atoms with Crippen LogP contribution in [0, 0.1) is 5.92 Å². The highest BCUT2D eigenvalue weighted by Gasteiger charge is 2.41. The van der Waals surface area contributed by atoms with Crippen molar-refractivity contribution in [3.05, 3.63) is 65.6 Å². The Bertz CT molecular complexity index is 1660. The van der Waals surface area contributed by atoms with E-state index in [1.165, 1.54) is 6.07 Å². The van der Waals surface area contributed by atoms with Crippen LogP contribution in [-0.4, -0.2) is 67.7 Å². The first-order valence-corrected chi connectivity index (χ1v) is 17.2. The van der Waals surface area contributed by atoms with Gasteiger partial charge in [0.2, 0.25) is 0 Å². The fraction of sp³-hybridized carbons (Fsp3) is 0.515. The average Bonchev–Trinajstić information content (AvgIpc) is 3.32. The molecule has 6 rings (SSSR count). The number of morpholine rings is 1. The number of sulfonamides is 1. The van der Waals surface area contributed by atoms with Crippen LogP contribution in [0.5, 0.6) is 0 Å². The Kier molecular flexibility index (Phi) is 8.23. The Morgan fingerprint density at radius 1 is 1.00 bits per heavy atom. The highest BCUT2D eigenvalue weighted by atomic mass is 32.2. The van der Waals surface area contributed by atoms with Crippen molar-refractivity contribution in [3.8, 4) is 0 Å². The van der Waals surface area contributed by atoms with E-state index in [1.807, 2.05) is 18.3 Å². The van der Waals surface area contributed by atoms with Crippen LogP contribution in [0.3, 0.4) is 0 Å². The SMILES string of the molecule is CC(C)(C)c1ccc2c(n1)N1C[C@@H](CCC(c3ccc(N4CCOCC4)cn3)Nc3cccc(n3)S(=O)(=O)NC2=O)CC1(C)C. The second-order valence-corrected chi connectivity index (χ2v) is 15.6. The summed E-state index contributed by atoms with van der Waals surface area (Å²) in [6.45, 7) is 14.3. The van der Waals surface area contributed by atoms with Crippen molar-refractivity contribution >= 4 is 33.3 Å². The van der Waals surface area contributed by atoms with E-state index < -0.39 is 15.9 Å². The molecule has 2 atom stereocenters.